The van der Waals surface area contributed by atoms with Crippen LogP contribution < -0.4 is 0 Å². The van der Waals surface area contributed by atoms with E-state index < -0.39 is 23.1 Å². The lowest BCUT2D eigenvalue weighted by atomic mass is 10.1. The molecule has 0 fully saturated rings. The summed E-state index contributed by atoms with van der Waals surface area (Å²) >= 11 is 1.34. The summed E-state index contributed by atoms with van der Waals surface area (Å²) in [5.41, 5.74) is 0.291. The van der Waals surface area contributed by atoms with E-state index in [2.05, 4.69) is 0 Å². The molecule has 0 aliphatic carbocycles. The molecule has 0 saturated heterocycles. The van der Waals surface area contributed by atoms with E-state index in [0.29, 0.717) is 10.5 Å². The quantitative estimate of drug-likeness (QED) is 0.489. The molecule has 0 saturated carbocycles. The number of halogens is 1. The number of carboxylic acids is 1. The first-order valence-corrected chi connectivity index (χ1v) is 5.31. The molecule has 1 aromatic rings. The van der Waals surface area contributed by atoms with Gasteiger partial charge in [-0.2, -0.15) is 0 Å². The third kappa shape index (κ3) is 2.36. The fourth-order valence-corrected chi connectivity index (χ4v) is 1.78. The van der Waals surface area contributed by atoms with Crippen LogP contribution in [0.3, 0.4) is 0 Å². The monoisotopic (exact) mass is 228 g/mol. The second kappa shape index (κ2) is 4.44. The Morgan fingerprint density at radius 3 is 2.47 bits per heavy atom. The molecule has 1 rings (SSSR count). The summed E-state index contributed by atoms with van der Waals surface area (Å²) in [5.74, 6) is -3.66. The van der Waals surface area contributed by atoms with Gasteiger partial charge in [-0.05, 0) is 30.9 Å². The van der Waals surface area contributed by atoms with Crippen molar-refractivity contribution in [1.82, 2.24) is 0 Å². The molecule has 0 aromatic heterocycles. The van der Waals surface area contributed by atoms with Crippen LogP contribution in [0.15, 0.2) is 17.0 Å². The molecule has 5 heteroatoms. The molecule has 0 unspecified atom stereocenters. The lowest BCUT2D eigenvalue weighted by molar-refractivity contribution is -0.131. The van der Waals surface area contributed by atoms with Crippen molar-refractivity contribution in [2.75, 3.05) is 6.26 Å². The summed E-state index contributed by atoms with van der Waals surface area (Å²) in [6.45, 7) is 1.70. The zero-order chi connectivity index (χ0) is 11.6. The molecule has 0 aliphatic heterocycles. The van der Waals surface area contributed by atoms with E-state index in [1.165, 1.54) is 23.9 Å². The van der Waals surface area contributed by atoms with E-state index in [-0.39, 0.29) is 0 Å². The molecule has 15 heavy (non-hydrogen) atoms. The van der Waals surface area contributed by atoms with Gasteiger partial charge in [-0.3, -0.25) is 4.79 Å². The minimum atomic E-state index is -1.65. The van der Waals surface area contributed by atoms with Crippen molar-refractivity contribution < 1.29 is 19.1 Å². The van der Waals surface area contributed by atoms with E-state index in [4.69, 9.17) is 5.11 Å². The molecule has 80 valence electrons. The summed E-state index contributed by atoms with van der Waals surface area (Å²) in [7, 11) is 0. The van der Waals surface area contributed by atoms with Crippen LogP contribution in [0.1, 0.15) is 15.9 Å². The maximum atomic E-state index is 13.3. The van der Waals surface area contributed by atoms with Gasteiger partial charge >= 0.3 is 5.97 Å². The summed E-state index contributed by atoms with van der Waals surface area (Å²) in [5, 5.41) is 8.47. The highest BCUT2D eigenvalue weighted by molar-refractivity contribution is 7.98. The Balaban J connectivity index is 3.30. The molecule has 0 radical (unpaired) electrons. The summed E-state index contributed by atoms with van der Waals surface area (Å²) in [6, 6.07) is 2.44. The SMILES string of the molecule is CSc1cc(C(=O)C(=O)O)c(F)cc1C. The molecule has 0 heterocycles. The maximum Gasteiger partial charge on any atom is 0.377 e. The minimum Gasteiger partial charge on any atom is -0.475 e. The molecular weight excluding hydrogens is 219 g/mol. The van der Waals surface area contributed by atoms with Gasteiger partial charge in [0, 0.05) is 4.90 Å². The van der Waals surface area contributed by atoms with E-state index in [1.807, 2.05) is 0 Å². The van der Waals surface area contributed by atoms with Crippen LogP contribution in [-0.4, -0.2) is 23.1 Å². The van der Waals surface area contributed by atoms with Gasteiger partial charge in [0.2, 0.25) is 0 Å². The molecule has 0 atom stereocenters. The van der Waals surface area contributed by atoms with Gasteiger partial charge in [-0.25, -0.2) is 9.18 Å². The predicted octanol–water partition coefficient (Wildman–Crippen LogP) is 2.12. The van der Waals surface area contributed by atoms with Gasteiger partial charge < -0.3 is 5.11 Å². The molecular formula is C10H9FO3S. The number of aliphatic carboxylic acids is 1. The Morgan fingerprint density at radius 1 is 1.40 bits per heavy atom. The van der Waals surface area contributed by atoms with E-state index >= 15 is 0 Å². The van der Waals surface area contributed by atoms with Crippen LogP contribution in [0.5, 0.6) is 0 Å². The van der Waals surface area contributed by atoms with Crippen molar-refractivity contribution in [3.05, 3.63) is 29.1 Å². The Morgan fingerprint density at radius 2 is 2.00 bits per heavy atom. The Labute approximate surface area is 90.3 Å². The third-order valence-corrected chi connectivity index (χ3v) is 2.80. The number of ketones is 1. The van der Waals surface area contributed by atoms with Gasteiger partial charge in [-0.1, -0.05) is 0 Å². The Kier molecular flexibility index (Phi) is 3.47. The number of carbonyl (C=O) groups is 2. The number of thioether (sulfide) groups is 1. The van der Waals surface area contributed by atoms with Crippen molar-refractivity contribution in [2.24, 2.45) is 0 Å². The van der Waals surface area contributed by atoms with Crippen molar-refractivity contribution >= 4 is 23.5 Å². The van der Waals surface area contributed by atoms with Crippen LogP contribution in [0.25, 0.3) is 0 Å². The Bertz CT molecular complexity index is 429. The largest absolute Gasteiger partial charge is 0.475 e. The molecule has 1 N–H and O–H groups in total. The Hall–Kier alpha value is -1.36. The van der Waals surface area contributed by atoms with Crippen LogP contribution >= 0.6 is 11.8 Å². The zero-order valence-electron chi connectivity index (χ0n) is 8.20. The zero-order valence-corrected chi connectivity index (χ0v) is 9.02. The average molecular weight is 228 g/mol. The van der Waals surface area contributed by atoms with Gasteiger partial charge in [0.1, 0.15) is 5.82 Å². The van der Waals surface area contributed by atoms with E-state index in [1.54, 1.807) is 13.2 Å². The summed E-state index contributed by atoms with van der Waals surface area (Å²) in [6.07, 6.45) is 1.77. The fourth-order valence-electron chi connectivity index (χ4n) is 1.16. The second-order valence-electron chi connectivity index (χ2n) is 2.94. The lowest BCUT2D eigenvalue weighted by Crippen LogP contribution is -2.14. The van der Waals surface area contributed by atoms with Gasteiger partial charge in [0.15, 0.2) is 0 Å². The van der Waals surface area contributed by atoms with E-state index in [9.17, 15) is 14.0 Å². The van der Waals surface area contributed by atoms with Crippen LogP contribution in [0.4, 0.5) is 4.39 Å². The van der Waals surface area contributed by atoms with Gasteiger partial charge in [0.25, 0.3) is 5.78 Å². The van der Waals surface area contributed by atoms with Crippen molar-refractivity contribution in [3.63, 3.8) is 0 Å². The number of hydrogen-bond acceptors (Lipinski definition) is 3. The summed E-state index contributed by atoms with van der Waals surface area (Å²) < 4.78 is 13.3. The van der Waals surface area contributed by atoms with Crippen LogP contribution in [0.2, 0.25) is 0 Å². The smallest absolute Gasteiger partial charge is 0.377 e. The van der Waals surface area contributed by atoms with Crippen molar-refractivity contribution in [2.45, 2.75) is 11.8 Å². The standard InChI is InChI=1S/C10H9FO3S/c1-5-3-7(11)6(4-8(5)15-2)9(12)10(13)14/h3-4H,1-2H3,(H,13,14). The molecule has 0 aliphatic rings. The first kappa shape index (κ1) is 11.7. The predicted molar refractivity (Wildman–Crippen MR) is 54.9 cm³/mol. The van der Waals surface area contributed by atoms with Gasteiger partial charge in [-0.15, -0.1) is 11.8 Å². The normalized spacial score (nSPS) is 10.1. The first-order chi connectivity index (χ1) is 6.97. The minimum absolute atomic E-state index is 0.391. The lowest BCUT2D eigenvalue weighted by Gasteiger charge is -2.05. The fraction of sp³-hybridized carbons (Fsp3) is 0.200. The average Bonchev–Trinajstić information content (AvgIpc) is 2.17. The number of aryl methyl sites for hydroxylation is 1. The highest BCUT2D eigenvalue weighted by Gasteiger charge is 2.20. The molecule has 0 amide bonds. The van der Waals surface area contributed by atoms with Crippen molar-refractivity contribution in [1.29, 1.82) is 0 Å². The molecule has 0 spiro atoms. The number of Topliss-reactive ketones (excluding diaryl/α,β-unsaturated/α-hetero) is 1. The molecule has 0 bridgehead atoms. The number of rotatable bonds is 3. The van der Waals surface area contributed by atoms with E-state index in [0.717, 1.165) is 0 Å². The van der Waals surface area contributed by atoms with Crippen LogP contribution in [-0.2, 0) is 4.79 Å². The number of carbonyl (C=O) groups excluding carboxylic acids is 1. The van der Waals surface area contributed by atoms with Gasteiger partial charge in [0.05, 0.1) is 5.56 Å². The highest BCUT2D eigenvalue weighted by Crippen LogP contribution is 2.23. The number of hydrogen-bond donors (Lipinski definition) is 1. The third-order valence-electron chi connectivity index (χ3n) is 1.92. The highest BCUT2D eigenvalue weighted by atomic mass is 32.2. The molecule has 3 nitrogen and oxygen atoms in total. The summed E-state index contributed by atoms with van der Waals surface area (Å²) in [4.78, 5) is 22.2. The number of benzene rings is 1. The topological polar surface area (TPSA) is 54.4 Å². The maximum absolute atomic E-state index is 13.3. The number of carboxylic acid groups (broad SMARTS) is 1. The van der Waals surface area contributed by atoms with Crippen molar-refractivity contribution in [3.8, 4) is 0 Å². The van der Waals surface area contributed by atoms with Crippen LogP contribution in [0, 0.1) is 12.7 Å². The molecule has 1 aromatic carbocycles. The first-order valence-electron chi connectivity index (χ1n) is 4.09. The second-order valence-corrected chi connectivity index (χ2v) is 3.78.